The van der Waals surface area contributed by atoms with Crippen molar-refractivity contribution >= 4 is 34.9 Å². The predicted molar refractivity (Wildman–Crippen MR) is 144 cm³/mol. The van der Waals surface area contributed by atoms with Crippen LogP contribution in [0.25, 0.3) is 11.1 Å². The molecular formula is C28H29ClN4O4. The average Bonchev–Trinajstić information content (AvgIpc) is 3.64. The van der Waals surface area contributed by atoms with E-state index in [2.05, 4.69) is 16.7 Å². The van der Waals surface area contributed by atoms with Crippen molar-refractivity contribution in [3.05, 3.63) is 81.3 Å². The fourth-order valence-electron chi connectivity index (χ4n) is 4.94. The van der Waals surface area contributed by atoms with E-state index in [0.717, 1.165) is 24.0 Å². The van der Waals surface area contributed by atoms with Crippen LogP contribution >= 0.6 is 11.6 Å². The molecule has 1 aromatic heterocycles. The normalized spacial score (nSPS) is 15.8. The van der Waals surface area contributed by atoms with Crippen molar-refractivity contribution in [2.24, 2.45) is 7.05 Å². The summed E-state index contributed by atoms with van der Waals surface area (Å²) in [4.78, 5) is 39.7. The first-order chi connectivity index (χ1) is 17.8. The van der Waals surface area contributed by atoms with Gasteiger partial charge in [0.15, 0.2) is 0 Å². The quantitative estimate of drug-likeness (QED) is 0.425. The number of nitrogens with one attached hydrogen (secondary N) is 2. The van der Waals surface area contributed by atoms with Gasteiger partial charge < -0.3 is 25.2 Å². The monoisotopic (exact) mass is 520 g/mol. The summed E-state index contributed by atoms with van der Waals surface area (Å²) in [7, 11) is 1.60. The third-order valence-electron chi connectivity index (χ3n) is 7.07. The van der Waals surface area contributed by atoms with Gasteiger partial charge in [0.05, 0.1) is 17.2 Å². The molecule has 3 aromatic rings. The minimum Gasteiger partial charge on any atom is -0.392 e. The van der Waals surface area contributed by atoms with Crippen LogP contribution in [0.3, 0.4) is 0 Å². The molecule has 3 N–H and O–H groups in total. The summed E-state index contributed by atoms with van der Waals surface area (Å²) in [5.41, 5.74) is 4.94. The molecule has 0 spiro atoms. The summed E-state index contributed by atoms with van der Waals surface area (Å²) in [5.74, 6) is -0.127. The second-order valence-electron chi connectivity index (χ2n) is 9.55. The molecule has 2 aromatic carbocycles. The molecule has 1 aliphatic heterocycles. The Morgan fingerprint density at radius 3 is 2.62 bits per heavy atom. The van der Waals surface area contributed by atoms with Crippen molar-refractivity contribution in [1.29, 1.82) is 0 Å². The number of carbonyl (C=O) groups excluding carboxylic acids is 2. The van der Waals surface area contributed by atoms with E-state index in [-0.39, 0.29) is 28.6 Å². The molecule has 1 fully saturated rings. The van der Waals surface area contributed by atoms with Crippen LogP contribution in [0.1, 0.15) is 46.8 Å². The first-order valence-corrected chi connectivity index (χ1v) is 12.8. The van der Waals surface area contributed by atoms with E-state index in [1.807, 2.05) is 30.3 Å². The Morgan fingerprint density at radius 1 is 1.14 bits per heavy atom. The average molecular weight is 521 g/mol. The summed E-state index contributed by atoms with van der Waals surface area (Å²) < 4.78 is 1.38. The Bertz CT molecular complexity index is 1460. The smallest absolute Gasteiger partial charge is 0.319 e. The number of aromatic nitrogens is 1. The van der Waals surface area contributed by atoms with Crippen molar-refractivity contribution in [3.63, 3.8) is 0 Å². The van der Waals surface area contributed by atoms with Crippen LogP contribution in [0.2, 0.25) is 0 Å². The van der Waals surface area contributed by atoms with Gasteiger partial charge in [-0.05, 0) is 61.1 Å². The zero-order chi connectivity index (χ0) is 26.3. The van der Waals surface area contributed by atoms with Gasteiger partial charge in [-0.3, -0.25) is 9.59 Å². The lowest BCUT2D eigenvalue weighted by molar-refractivity contribution is 0.0980. The van der Waals surface area contributed by atoms with Crippen LogP contribution in [0.4, 0.5) is 16.2 Å². The maximum absolute atomic E-state index is 13.6. The van der Waals surface area contributed by atoms with Gasteiger partial charge in [-0.15, -0.1) is 11.6 Å². The van der Waals surface area contributed by atoms with E-state index >= 15 is 0 Å². The molecule has 1 saturated carbocycles. The minimum atomic E-state index is -0.476. The highest BCUT2D eigenvalue weighted by atomic mass is 35.5. The number of anilines is 2. The molecule has 37 heavy (non-hydrogen) atoms. The molecule has 5 rings (SSSR count). The molecule has 0 radical (unpaired) electrons. The molecule has 0 atom stereocenters. The lowest BCUT2D eigenvalue weighted by Gasteiger charge is -2.31. The van der Waals surface area contributed by atoms with E-state index in [4.69, 9.17) is 11.6 Å². The molecule has 8 nitrogen and oxygen atoms in total. The zero-order valence-corrected chi connectivity index (χ0v) is 21.6. The van der Waals surface area contributed by atoms with Gasteiger partial charge in [-0.1, -0.05) is 24.3 Å². The number of pyridine rings is 1. The van der Waals surface area contributed by atoms with Crippen molar-refractivity contribution in [1.82, 2.24) is 9.88 Å². The van der Waals surface area contributed by atoms with Crippen LogP contribution in [0.5, 0.6) is 0 Å². The van der Waals surface area contributed by atoms with Crippen LogP contribution in [-0.4, -0.2) is 34.7 Å². The number of aryl methyl sites for hydroxylation is 1. The SMILES string of the molecule is CCNC(=O)Nc1cc(-c2cccc(N3CCc4cc(C5(Cl)CC5)ccc4C3=O)c2CO)cn(C)c1=O. The first-order valence-electron chi connectivity index (χ1n) is 12.4. The summed E-state index contributed by atoms with van der Waals surface area (Å²) in [6.07, 6.45) is 4.23. The third kappa shape index (κ3) is 4.63. The lowest BCUT2D eigenvalue weighted by atomic mass is 9.93. The minimum absolute atomic E-state index is 0.117. The first kappa shape index (κ1) is 25.0. The largest absolute Gasteiger partial charge is 0.392 e. The number of amides is 3. The van der Waals surface area contributed by atoms with Crippen LogP contribution in [0.15, 0.2) is 53.5 Å². The van der Waals surface area contributed by atoms with Gasteiger partial charge in [-0.25, -0.2) is 4.79 Å². The van der Waals surface area contributed by atoms with Crippen molar-refractivity contribution in [3.8, 4) is 11.1 Å². The molecule has 0 bridgehead atoms. The van der Waals surface area contributed by atoms with Crippen molar-refractivity contribution in [2.45, 2.75) is 37.7 Å². The Hall–Kier alpha value is -3.62. The standard InChI is InChI=1S/C28H29ClN4O4/c1-3-30-27(37)31-23-14-18(15-32(2)26(23)36)20-5-4-6-24(22(20)16-34)33-12-9-17-13-19(28(29)10-11-28)7-8-21(17)25(33)35/h4-8,13-15,34H,3,9-12,16H2,1-2H3,(H2,30,31,37). The van der Waals surface area contributed by atoms with Crippen LogP contribution < -0.4 is 21.1 Å². The molecule has 3 amide bonds. The second-order valence-corrected chi connectivity index (χ2v) is 10.3. The molecule has 0 unspecified atom stereocenters. The van der Waals surface area contributed by atoms with Crippen molar-refractivity contribution < 1.29 is 14.7 Å². The number of nitrogens with zero attached hydrogens (tertiary/aromatic N) is 2. The predicted octanol–water partition coefficient (Wildman–Crippen LogP) is 4.12. The zero-order valence-electron chi connectivity index (χ0n) is 20.8. The molecule has 2 aliphatic rings. The van der Waals surface area contributed by atoms with Crippen LogP contribution in [-0.2, 0) is 24.9 Å². The number of carbonyl (C=O) groups is 2. The number of hydrogen-bond donors (Lipinski definition) is 3. The topological polar surface area (TPSA) is 104 Å². The molecular weight excluding hydrogens is 492 g/mol. The summed E-state index contributed by atoms with van der Waals surface area (Å²) in [6, 6.07) is 12.4. The van der Waals surface area contributed by atoms with Gasteiger partial charge in [-0.2, -0.15) is 0 Å². The number of alkyl halides is 1. The number of aliphatic hydroxyl groups excluding tert-OH is 1. The Kier molecular flexibility index (Phi) is 6.56. The summed E-state index contributed by atoms with van der Waals surface area (Å²) >= 11 is 6.59. The highest BCUT2D eigenvalue weighted by Gasteiger charge is 2.43. The number of halogens is 1. The maximum atomic E-state index is 13.6. The number of rotatable bonds is 6. The van der Waals surface area contributed by atoms with E-state index in [9.17, 15) is 19.5 Å². The number of aliphatic hydroxyl groups is 1. The molecule has 2 heterocycles. The van der Waals surface area contributed by atoms with Gasteiger partial charge >= 0.3 is 6.03 Å². The second kappa shape index (κ2) is 9.68. The highest BCUT2D eigenvalue weighted by molar-refractivity contribution is 6.26. The molecule has 9 heteroatoms. The fraction of sp³-hybridized carbons (Fsp3) is 0.321. The van der Waals surface area contributed by atoms with Crippen LogP contribution in [0, 0.1) is 0 Å². The number of hydrogen-bond acceptors (Lipinski definition) is 4. The summed E-state index contributed by atoms with van der Waals surface area (Å²) in [6.45, 7) is 2.37. The number of fused-ring (bicyclic) bond motifs is 1. The van der Waals surface area contributed by atoms with Gasteiger partial charge in [0.2, 0.25) is 0 Å². The van der Waals surface area contributed by atoms with E-state index in [1.165, 1.54) is 4.57 Å². The molecule has 1 aliphatic carbocycles. The maximum Gasteiger partial charge on any atom is 0.319 e. The Labute approximate surface area is 219 Å². The van der Waals surface area contributed by atoms with E-state index in [0.29, 0.717) is 47.5 Å². The van der Waals surface area contributed by atoms with Gasteiger partial charge in [0.1, 0.15) is 5.69 Å². The Morgan fingerprint density at radius 2 is 1.92 bits per heavy atom. The van der Waals surface area contributed by atoms with Crippen molar-refractivity contribution in [2.75, 3.05) is 23.3 Å². The molecule has 192 valence electrons. The molecule has 0 saturated heterocycles. The Balaban J connectivity index is 1.52. The summed E-state index contributed by atoms with van der Waals surface area (Å²) in [5, 5.41) is 15.6. The third-order valence-corrected chi connectivity index (χ3v) is 7.67. The number of benzene rings is 2. The van der Waals surface area contributed by atoms with Gasteiger partial charge in [0, 0.05) is 43.0 Å². The van der Waals surface area contributed by atoms with E-state index in [1.54, 1.807) is 31.1 Å². The lowest BCUT2D eigenvalue weighted by Crippen LogP contribution is -2.38. The highest BCUT2D eigenvalue weighted by Crippen LogP contribution is 2.52. The van der Waals surface area contributed by atoms with Gasteiger partial charge in [0.25, 0.3) is 11.5 Å². The number of urea groups is 1. The van der Waals surface area contributed by atoms with E-state index < -0.39 is 6.03 Å². The fourth-order valence-corrected chi connectivity index (χ4v) is 5.15.